The summed E-state index contributed by atoms with van der Waals surface area (Å²) in [4.78, 5) is 13.0. The fraction of sp³-hybridized carbons (Fsp3) is 0.286. The zero-order valence-corrected chi connectivity index (χ0v) is 6.48. The van der Waals surface area contributed by atoms with Crippen LogP contribution in [-0.2, 0) is 12.7 Å². The van der Waals surface area contributed by atoms with E-state index < -0.39 is 29.4 Å². The Morgan fingerprint density at radius 1 is 1.46 bits per heavy atom. The summed E-state index contributed by atoms with van der Waals surface area (Å²) in [7, 11) is 0. The monoisotopic (exact) mass is 192 g/mol. The molecular weight excluding hydrogens is 185 g/mol. The maximum absolute atomic E-state index is 12.2. The van der Waals surface area contributed by atoms with Gasteiger partial charge in [-0.05, 0) is 6.07 Å². The highest BCUT2D eigenvalue weighted by atomic mass is 19.4. The van der Waals surface area contributed by atoms with Crippen LogP contribution >= 0.6 is 0 Å². The highest BCUT2D eigenvalue weighted by molar-refractivity contribution is 5.25. The smallest absolute Gasteiger partial charge is 0.329 e. The molecular formula is C7H7F3N2O. The number of aromatic nitrogens is 1. The first-order valence-corrected chi connectivity index (χ1v) is 3.44. The normalized spacial score (nSPS) is 11.7. The van der Waals surface area contributed by atoms with Gasteiger partial charge in [0.25, 0.3) is 5.56 Å². The van der Waals surface area contributed by atoms with Crippen molar-refractivity contribution in [3.8, 4) is 0 Å². The number of alkyl halides is 3. The average Bonchev–Trinajstić information content (AvgIpc) is 2.02. The van der Waals surface area contributed by atoms with Crippen molar-refractivity contribution in [3.63, 3.8) is 0 Å². The number of rotatable bonds is 1. The quantitative estimate of drug-likeness (QED) is 0.693. The first-order valence-electron chi connectivity index (χ1n) is 3.44. The van der Waals surface area contributed by atoms with Crippen LogP contribution < -0.4 is 11.3 Å². The highest BCUT2D eigenvalue weighted by Crippen LogP contribution is 2.29. The van der Waals surface area contributed by atoms with Crippen LogP contribution in [0.25, 0.3) is 0 Å². The Labute approximate surface area is 71.4 Å². The van der Waals surface area contributed by atoms with E-state index in [4.69, 9.17) is 5.73 Å². The molecule has 1 aromatic heterocycles. The average molecular weight is 192 g/mol. The minimum absolute atomic E-state index is 0.426. The number of hydrogen-bond donors (Lipinski definition) is 2. The lowest BCUT2D eigenvalue weighted by molar-refractivity contribution is -0.138. The van der Waals surface area contributed by atoms with Crippen LogP contribution in [0, 0.1) is 0 Å². The molecule has 3 N–H and O–H groups in total. The van der Waals surface area contributed by atoms with E-state index in [-0.39, 0.29) is 0 Å². The van der Waals surface area contributed by atoms with Gasteiger partial charge < -0.3 is 10.7 Å². The number of pyridine rings is 1. The standard InChI is InChI=1S/C7H7F3N2O/c8-7(9,10)5-1-2-12-6(13)4(5)3-11/h1-2H,3,11H2,(H,12,13). The third-order valence-corrected chi connectivity index (χ3v) is 1.57. The molecule has 0 bridgehead atoms. The molecule has 0 aromatic carbocycles. The lowest BCUT2D eigenvalue weighted by Gasteiger charge is -2.09. The maximum atomic E-state index is 12.2. The van der Waals surface area contributed by atoms with Crippen molar-refractivity contribution >= 4 is 0 Å². The molecule has 3 nitrogen and oxygen atoms in total. The molecule has 1 rings (SSSR count). The van der Waals surface area contributed by atoms with E-state index in [0.29, 0.717) is 0 Å². The fourth-order valence-corrected chi connectivity index (χ4v) is 0.979. The minimum Gasteiger partial charge on any atom is -0.329 e. The Hall–Kier alpha value is -1.30. The van der Waals surface area contributed by atoms with Crippen LogP contribution in [0.15, 0.2) is 17.1 Å². The van der Waals surface area contributed by atoms with Crippen LogP contribution in [0.3, 0.4) is 0 Å². The van der Waals surface area contributed by atoms with Crippen molar-refractivity contribution in [2.24, 2.45) is 5.73 Å². The lowest BCUT2D eigenvalue weighted by Crippen LogP contribution is -2.22. The summed E-state index contributed by atoms with van der Waals surface area (Å²) in [6, 6.07) is 0.795. The molecule has 0 amide bonds. The molecule has 0 aliphatic rings. The summed E-state index contributed by atoms with van der Waals surface area (Å²) in [5.74, 6) is 0. The molecule has 1 heterocycles. The number of nitrogens with one attached hydrogen (secondary N) is 1. The second-order valence-corrected chi connectivity index (χ2v) is 2.40. The highest BCUT2D eigenvalue weighted by Gasteiger charge is 2.33. The summed E-state index contributed by atoms with van der Waals surface area (Å²) >= 11 is 0. The molecule has 0 spiro atoms. The number of H-pyrrole nitrogens is 1. The number of hydrogen-bond acceptors (Lipinski definition) is 2. The lowest BCUT2D eigenvalue weighted by atomic mass is 10.1. The third kappa shape index (κ3) is 1.89. The van der Waals surface area contributed by atoms with Crippen molar-refractivity contribution in [2.45, 2.75) is 12.7 Å². The van der Waals surface area contributed by atoms with Crippen molar-refractivity contribution in [1.82, 2.24) is 4.98 Å². The summed E-state index contributed by atoms with van der Waals surface area (Å²) in [5.41, 5.74) is 2.83. The van der Waals surface area contributed by atoms with E-state index in [1.807, 2.05) is 0 Å². The largest absolute Gasteiger partial charge is 0.416 e. The van der Waals surface area contributed by atoms with E-state index in [9.17, 15) is 18.0 Å². The first kappa shape index (κ1) is 9.79. The van der Waals surface area contributed by atoms with Crippen molar-refractivity contribution in [1.29, 1.82) is 0 Å². The second kappa shape index (κ2) is 3.21. The molecule has 0 saturated carbocycles. The van der Waals surface area contributed by atoms with Gasteiger partial charge in [0.2, 0.25) is 0 Å². The SMILES string of the molecule is NCc1c(C(F)(F)F)cc[nH]c1=O. The Kier molecular flexibility index (Phi) is 2.42. The summed E-state index contributed by atoms with van der Waals surface area (Å²) in [5, 5.41) is 0. The van der Waals surface area contributed by atoms with E-state index in [1.165, 1.54) is 0 Å². The molecule has 0 aliphatic carbocycles. The summed E-state index contributed by atoms with van der Waals surface area (Å²) < 4.78 is 36.6. The van der Waals surface area contributed by atoms with Gasteiger partial charge in [-0.25, -0.2) is 0 Å². The van der Waals surface area contributed by atoms with Gasteiger partial charge in [0.15, 0.2) is 0 Å². The Morgan fingerprint density at radius 2 is 2.08 bits per heavy atom. The van der Waals surface area contributed by atoms with E-state index >= 15 is 0 Å². The Balaban J connectivity index is 3.38. The fourth-order valence-electron chi connectivity index (χ4n) is 0.979. The first-order chi connectivity index (χ1) is 5.96. The predicted octanol–water partition coefficient (Wildman–Crippen LogP) is 0.852. The van der Waals surface area contributed by atoms with Gasteiger partial charge in [-0.1, -0.05) is 0 Å². The van der Waals surface area contributed by atoms with Crippen molar-refractivity contribution < 1.29 is 13.2 Å². The van der Waals surface area contributed by atoms with Crippen LogP contribution in [0.1, 0.15) is 11.1 Å². The molecule has 1 aromatic rings. The van der Waals surface area contributed by atoms with Gasteiger partial charge >= 0.3 is 6.18 Å². The maximum Gasteiger partial charge on any atom is 0.416 e. The summed E-state index contributed by atoms with van der Waals surface area (Å²) in [6.07, 6.45) is -3.58. The van der Waals surface area contributed by atoms with Crippen LogP contribution in [0.2, 0.25) is 0 Å². The van der Waals surface area contributed by atoms with Gasteiger partial charge in [0.1, 0.15) is 0 Å². The molecule has 0 radical (unpaired) electrons. The van der Waals surface area contributed by atoms with Crippen molar-refractivity contribution in [3.05, 3.63) is 33.7 Å². The topological polar surface area (TPSA) is 58.9 Å². The predicted molar refractivity (Wildman–Crippen MR) is 40.0 cm³/mol. The number of nitrogens with two attached hydrogens (primary N) is 1. The number of aromatic amines is 1. The molecule has 0 saturated heterocycles. The van der Waals surface area contributed by atoms with Gasteiger partial charge in [-0.3, -0.25) is 4.79 Å². The molecule has 13 heavy (non-hydrogen) atoms. The summed E-state index contributed by atoms with van der Waals surface area (Å²) in [6.45, 7) is -0.426. The molecule has 0 fully saturated rings. The Morgan fingerprint density at radius 3 is 2.46 bits per heavy atom. The molecule has 72 valence electrons. The minimum atomic E-state index is -4.52. The molecule has 0 aliphatic heterocycles. The van der Waals surface area contributed by atoms with Crippen LogP contribution in [-0.4, -0.2) is 4.98 Å². The zero-order valence-electron chi connectivity index (χ0n) is 6.48. The van der Waals surface area contributed by atoms with E-state index in [1.54, 1.807) is 0 Å². The zero-order chi connectivity index (χ0) is 10.1. The van der Waals surface area contributed by atoms with Crippen LogP contribution in [0.5, 0.6) is 0 Å². The third-order valence-electron chi connectivity index (χ3n) is 1.57. The molecule has 0 unspecified atom stereocenters. The van der Waals surface area contributed by atoms with E-state index in [2.05, 4.69) is 4.98 Å². The Bertz CT molecular complexity index is 355. The molecule has 0 atom stereocenters. The van der Waals surface area contributed by atoms with Gasteiger partial charge in [0.05, 0.1) is 5.56 Å². The van der Waals surface area contributed by atoms with Gasteiger partial charge in [-0.15, -0.1) is 0 Å². The van der Waals surface area contributed by atoms with Gasteiger partial charge in [-0.2, -0.15) is 13.2 Å². The second-order valence-electron chi connectivity index (χ2n) is 2.40. The number of halogens is 3. The van der Waals surface area contributed by atoms with E-state index in [0.717, 1.165) is 12.3 Å². The van der Waals surface area contributed by atoms with Crippen LogP contribution in [0.4, 0.5) is 13.2 Å². The molecule has 6 heteroatoms. The van der Waals surface area contributed by atoms with Gasteiger partial charge in [0, 0.05) is 18.3 Å². The van der Waals surface area contributed by atoms with Crippen molar-refractivity contribution in [2.75, 3.05) is 0 Å².